The monoisotopic (exact) mass is 439 g/mol. The van der Waals surface area contributed by atoms with Crippen LogP contribution in [0, 0.1) is 0 Å². The number of fused-ring (bicyclic) bond motifs is 1. The molecular formula is C20H22ClNO6S. The van der Waals surface area contributed by atoms with E-state index in [9.17, 15) is 14.4 Å². The van der Waals surface area contributed by atoms with Crippen LogP contribution in [0.15, 0.2) is 35.7 Å². The van der Waals surface area contributed by atoms with Crippen LogP contribution in [-0.2, 0) is 32.1 Å². The van der Waals surface area contributed by atoms with E-state index >= 15 is 0 Å². The zero-order chi connectivity index (χ0) is 21.4. The van der Waals surface area contributed by atoms with Gasteiger partial charge in [0.1, 0.15) is 6.04 Å². The van der Waals surface area contributed by atoms with Crippen molar-refractivity contribution >= 4 is 40.8 Å². The first-order valence-corrected chi connectivity index (χ1v) is 10.1. The van der Waals surface area contributed by atoms with Crippen LogP contribution in [0.25, 0.3) is 0 Å². The highest BCUT2D eigenvalue weighted by Crippen LogP contribution is 2.33. The van der Waals surface area contributed by atoms with E-state index in [0.717, 1.165) is 25.1 Å². The van der Waals surface area contributed by atoms with E-state index in [-0.39, 0.29) is 18.8 Å². The number of methoxy groups -OCH3 is 1. The molecule has 2 heterocycles. The molecule has 0 spiro atoms. The van der Waals surface area contributed by atoms with Gasteiger partial charge in [-0.1, -0.05) is 29.8 Å². The van der Waals surface area contributed by atoms with Crippen LogP contribution in [-0.4, -0.2) is 46.7 Å². The SMILES string of the molecule is COC(=O)[C@@H](c1ccccc1Cl)N1CCc2sccc2C1.O=C(O)CCC(=O)O. The Labute approximate surface area is 177 Å². The van der Waals surface area contributed by atoms with Crippen LogP contribution >= 0.6 is 22.9 Å². The molecule has 0 radical (unpaired) electrons. The van der Waals surface area contributed by atoms with E-state index in [2.05, 4.69) is 16.3 Å². The Balaban J connectivity index is 0.000000321. The summed E-state index contributed by atoms with van der Waals surface area (Å²) in [6.07, 6.45) is 0.371. The van der Waals surface area contributed by atoms with Crippen molar-refractivity contribution in [3.63, 3.8) is 0 Å². The Kier molecular flexibility index (Phi) is 8.63. The van der Waals surface area contributed by atoms with Gasteiger partial charge in [0.15, 0.2) is 0 Å². The van der Waals surface area contributed by atoms with Gasteiger partial charge in [0, 0.05) is 23.0 Å². The second kappa shape index (κ2) is 10.9. The Bertz CT molecular complexity index is 854. The van der Waals surface area contributed by atoms with E-state index in [1.165, 1.54) is 17.6 Å². The summed E-state index contributed by atoms with van der Waals surface area (Å²) in [6.45, 7) is 1.59. The van der Waals surface area contributed by atoms with Crippen molar-refractivity contribution in [3.8, 4) is 0 Å². The lowest BCUT2D eigenvalue weighted by Crippen LogP contribution is -2.38. The highest BCUT2D eigenvalue weighted by Gasteiger charge is 2.32. The van der Waals surface area contributed by atoms with Crippen LogP contribution in [0.4, 0.5) is 0 Å². The molecule has 0 bridgehead atoms. The minimum atomic E-state index is -1.08. The number of carbonyl (C=O) groups excluding carboxylic acids is 1. The maximum absolute atomic E-state index is 12.3. The van der Waals surface area contributed by atoms with Gasteiger partial charge < -0.3 is 14.9 Å². The fourth-order valence-electron chi connectivity index (χ4n) is 2.99. The molecule has 0 aliphatic carbocycles. The minimum absolute atomic E-state index is 0.262. The zero-order valence-electron chi connectivity index (χ0n) is 15.8. The normalized spacial score (nSPS) is 14.1. The van der Waals surface area contributed by atoms with Crippen molar-refractivity contribution in [2.75, 3.05) is 13.7 Å². The summed E-state index contributed by atoms with van der Waals surface area (Å²) in [5.41, 5.74) is 2.11. The molecule has 3 rings (SSSR count). The Morgan fingerprint density at radius 2 is 1.83 bits per heavy atom. The summed E-state index contributed by atoms with van der Waals surface area (Å²) in [4.78, 5) is 35.1. The van der Waals surface area contributed by atoms with Gasteiger partial charge >= 0.3 is 17.9 Å². The number of rotatable bonds is 6. The average molecular weight is 440 g/mol. The number of carboxylic acids is 2. The predicted octanol–water partition coefficient (Wildman–Crippen LogP) is 3.61. The molecule has 0 amide bonds. The van der Waals surface area contributed by atoms with Gasteiger partial charge in [-0.15, -0.1) is 11.3 Å². The van der Waals surface area contributed by atoms with Crippen molar-refractivity contribution in [1.82, 2.24) is 4.90 Å². The number of nitrogens with zero attached hydrogens (tertiary/aromatic N) is 1. The summed E-state index contributed by atoms with van der Waals surface area (Å²) in [5.74, 6) is -2.42. The quantitative estimate of drug-likeness (QED) is 0.662. The number of benzene rings is 1. The zero-order valence-corrected chi connectivity index (χ0v) is 17.4. The van der Waals surface area contributed by atoms with Gasteiger partial charge in [-0.3, -0.25) is 14.5 Å². The molecule has 1 aliphatic heterocycles. The molecule has 1 aromatic heterocycles. The van der Waals surface area contributed by atoms with Gasteiger partial charge in [0.2, 0.25) is 0 Å². The Morgan fingerprint density at radius 1 is 1.17 bits per heavy atom. The van der Waals surface area contributed by atoms with E-state index < -0.39 is 18.0 Å². The van der Waals surface area contributed by atoms with Gasteiger partial charge in [-0.05, 0) is 35.1 Å². The molecule has 0 unspecified atom stereocenters. The third kappa shape index (κ3) is 6.56. The maximum atomic E-state index is 12.3. The van der Waals surface area contributed by atoms with Crippen LogP contribution in [0.2, 0.25) is 5.02 Å². The molecule has 0 saturated heterocycles. The number of hydrogen-bond donors (Lipinski definition) is 2. The maximum Gasteiger partial charge on any atom is 0.327 e. The first-order chi connectivity index (χ1) is 13.8. The molecule has 29 heavy (non-hydrogen) atoms. The number of halogens is 1. The van der Waals surface area contributed by atoms with E-state index in [0.29, 0.717) is 5.02 Å². The smallest absolute Gasteiger partial charge is 0.327 e. The van der Waals surface area contributed by atoms with E-state index in [1.807, 2.05) is 24.3 Å². The fraction of sp³-hybridized carbons (Fsp3) is 0.350. The molecule has 1 aromatic carbocycles. The third-order valence-electron chi connectivity index (χ3n) is 4.38. The lowest BCUT2D eigenvalue weighted by Gasteiger charge is -2.33. The molecule has 1 aliphatic rings. The molecule has 1 atom stereocenters. The number of aliphatic carboxylic acids is 2. The van der Waals surface area contributed by atoms with Crippen molar-refractivity contribution in [2.24, 2.45) is 0 Å². The first kappa shape index (κ1) is 22.9. The van der Waals surface area contributed by atoms with Gasteiger partial charge in [-0.25, -0.2) is 4.79 Å². The minimum Gasteiger partial charge on any atom is -0.481 e. The van der Waals surface area contributed by atoms with Crippen LogP contribution in [0.1, 0.15) is 34.9 Å². The predicted molar refractivity (Wildman–Crippen MR) is 109 cm³/mol. The number of hydrogen-bond acceptors (Lipinski definition) is 6. The summed E-state index contributed by atoms with van der Waals surface area (Å²) in [6, 6.07) is 9.16. The van der Waals surface area contributed by atoms with Crippen molar-refractivity contribution in [2.45, 2.75) is 31.8 Å². The van der Waals surface area contributed by atoms with Gasteiger partial charge in [-0.2, -0.15) is 0 Å². The number of carbonyl (C=O) groups is 3. The Morgan fingerprint density at radius 3 is 2.41 bits per heavy atom. The molecule has 2 aromatic rings. The van der Waals surface area contributed by atoms with Crippen molar-refractivity contribution in [1.29, 1.82) is 0 Å². The molecule has 2 N–H and O–H groups in total. The lowest BCUT2D eigenvalue weighted by atomic mass is 10.0. The molecule has 0 fully saturated rings. The summed E-state index contributed by atoms with van der Waals surface area (Å²) < 4.78 is 5.01. The molecular weight excluding hydrogens is 418 g/mol. The summed E-state index contributed by atoms with van der Waals surface area (Å²) >= 11 is 8.07. The number of carboxylic acid groups (broad SMARTS) is 2. The summed E-state index contributed by atoms with van der Waals surface area (Å²) in [7, 11) is 1.42. The second-order valence-electron chi connectivity index (χ2n) is 6.32. The fourth-order valence-corrected chi connectivity index (χ4v) is 4.11. The lowest BCUT2D eigenvalue weighted by molar-refractivity contribution is -0.147. The van der Waals surface area contributed by atoms with Crippen LogP contribution < -0.4 is 0 Å². The number of thiophene rings is 1. The van der Waals surface area contributed by atoms with Crippen LogP contribution in [0.5, 0.6) is 0 Å². The van der Waals surface area contributed by atoms with E-state index in [1.54, 1.807) is 11.3 Å². The van der Waals surface area contributed by atoms with E-state index in [4.69, 9.17) is 26.6 Å². The molecule has 156 valence electrons. The summed E-state index contributed by atoms with van der Waals surface area (Å²) in [5, 5.41) is 18.5. The second-order valence-corrected chi connectivity index (χ2v) is 7.73. The Hall–Kier alpha value is -2.42. The van der Waals surface area contributed by atoms with Crippen molar-refractivity contribution < 1.29 is 29.3 Å². The van der Waals surface area contributed by atoms with Crippen LogP contribution in [0.3, 0.4) is 0 Å². The standard InChI is InChI=1S/C16H16ClNO2S.C4H6O4/c1-20-16(19)15(12-4-2-3-5-13(12)17)18-8-6-14-11(10-18)7-9-21-14;5-3(6)1-2-4(7)8/h2-5,7,9,15H,6,8,10H2,1H3;1-2H2,(H,5,6)(H,7,8)/t15-;/m1./s1. The topological polar surface area (TPSA) is 104 Å². The molecule has 9 heteroatoms. The highest BCUT2D eigenvalue weighted by molar-refractivity contribution is 7.10. The molecule has 7 nitrogen and oxygen atoms in total. The third-order valence-corrected chi connectivity index (χ3v) is 5.75. The number of esters is 1. The van der Waals surface area contributed by atoms with Gasteiger partial charge in [0.25, 0.3) is 0 Å². The largest absolute Gasteiger partial charge is 0.481 e. The number of ether oxygens (including phenoxy) is 1. The average Bonchev–Trinajstić information content (AvgIpc) is 3.16. The van der Waals surface area contributed by atoms with Gasteiger partial charge in [0.05, 0.1) is 20.0 Å². The molecule has 0 saturated carbocycles. The highest BCUT2D eigenvalue weighted by atomic mass is 35.5. The first-order valence-electron chi connectivity index (χ1n) is 8.88. The van der Waals surface area contributed by atoms with Crippen molar-refractivity contribution in [3.05, 3.63) is 56.7 Å².